The van der Waals surface area contributed by atoms with E-state index in [-0.39, 0.29) is 11.3 Å². The Morgan fingerprint density at radius 3 is 2.50 bits per heavy atom. The number of thiocarbonyl (C=S) groups is 1. The molecule has 2 rings (SSSR count). The number of nitrogens with zero attached hydrogens (tertiary/aromatic N) is 1. The number of rotatable bonds is 4. The van der Waals surface area contributed by atoms with E-state index < -0.39 is 0 Å². The van der Waals surface area contributed by atoms with Crippen LogP contribution in [0.1, 0.15) is 51.0 Å². The highest BCUT2D eigenvalue weighted by Gasteiger charge is 2.35. The zero-order valence-electron chi connectivity index (χ0n) is 12.8. The minimum Gasteiger partial charge on any atom is -0.332 e. The standard InChI is InChI=1S/C17H21N3OS/c1-2-5-15(21)20-16(22)19-14-8-6-13(7-9-14)17(12-18)10-3-4-11-17/h6-9H,2-5,10-11H2,1H3,(H2,19,20,21,22). The molecule has 1 aliphatic rings. The average Bonchev–Trinajstić information content (AvgIpc) is 2.98. The quantitative estimate of drug-likeness (QED) is 0.833. The van der Waals surface area contributed by atoms with Gasteiger partial charge < -0.3 is 10.6 Å². The molecule has 1 fully saturated rings. The van der Waals surface area contributed by atoms with Crippen molar-refractivity contribution in [3.63, 3.8) is 0 Å². The lowest BCUT2D eigenvalue weighted by Crippen LogP contribution is -2.33. The molecule has 5 heteroatoms. The van der Waals surface area contributed by atoms with E-state index in [1.165, 1.54) is 0 Å². The van der Waals surface area contributed by atoms with Crippen molar-refractivity contribution in [2.75, 3.05) is 5.32 Å². The molecule has 22 heavy (non-hydrogen) atoms. The van der Waals surface area contributed by atoms with Crippen LogP contribution in [0, 0.1) is 11.3 Å². The van der Waals surface area contributed by atoms with Gasteiger partial charge in [0, 0.05) is 12.1 Å². The number of carbonyl (C=O) groups excluding carboxylic acids is 1. The zero-order chi connectivity index (χ0) is 16.0. The third kappa shape index (κ3) is 3.83. The van der Waals surface area contributed by atoms with Gasteiger partial charge in [0.25, 0.3) is 0 Å². The fraction of sp³-hybridized carbons (Fsp3) is 0.471. The van der Waals surface area contributed by atoms with E-state index in [1.807, 2.05) is 31.2 Å². The third-order valence-corrected chi connectivity index (χ3v) is 4.30. The van der Waals surface area contributed by atoms with Gasteiger partial charge in [0.15, 0.2) is 5.11 Å². The van der Waals surface area contributed by atoms with Crippen molar-refractivity contribution in [1.29, 1.82) is 5.26 Å². The summed E-state index contributed by atoms with van der Waals surface area (Å²) in [6.07, 6.45) is 5.34. The predicted octanol–water partition coefficient (Wildman–Crippen LogP) is 3.64. The Kier molecular flexibility index (Phi) is 5.51. The molecule has 4 nitrogen and oxygen atoms in total. The number of amides is 1. The van der Waals surface area contributed by atoms with E-state index in [4.69, 9.17) is 12.2 Å². The maximum atomic E-state index is 11.5. The molecule has 1 aliphatic carbocycles. The van der Waals surface area contributed by atoms with Crippen molar-refractivity contribution in [2.45, 2.75) is 50.9 Å². The number of nitrogens with one attached hydrogen (secondary N) is 2. The SMILES string of the molecule is CCCC(=O)NC(=S)Nc1ccc(C2(C#N)CCCC2)cc1. The molecule has 1 saturated carbocycles. The minimum atomic E-state index is -0.325. The number of carbonyl (C=O) groups is 1. The summed E-state index contributed by atoms with van der Waals surface area (Å²) in [5.74, 6) is -0.0778. The molecule has 1 aromatic carbocycles. The second-order valence-corrected chi connectivity index (χ2v) is 6.14. The van der Waals surface area contributed by atoms with Crippen LogP contribution >= 0.6 is 12.2 Å². The normalized spacial score (nSPS) is 15.8. The van der Waals surface area contributed by atoms with Crippen LogP contribution in [-0.2, 0) is 10.2 Å². The molecule has 1 amide bonds. The third-order valence-electron chi connectivity index (χ3n) is 4.10. The lowest BCUT2D eigenvalue weighted by atomic mass is 9.80. The minimum absolute atomic E-state index is 0.0778. The fourth-order valence-electron chi connectivity index (χ4n) is 2.89. The summed E-state index contributed by atoms with van der Waals surface area (Å²) < 4.78 is 0. The van der Waals surface area contributed by atoms with Crippen LogP contribution < -0.4 is 10.6 Å². The van der Waals surface area contributed by atoms with Gasteiger partial charge in [-0.3, -0.25) is 4.79 Å². The van der Waals surface area contributed by atoms with E-state index in [1.54, 1.807) is 0 Å². The Hall–Kier alpha value is -1.93. The van der Waals surface area contributed by atoms with E-state index in [0.29, 0.717) is 11.5 Å². The topological polar surface area (TPSA) is 64.9 Å². The number of hydrogen-bond acceptors (Lipinski definition) is 3. The maximum absolute atomic E-state index is 11.5. The highest BCUT2D eigenvalue weighted by Crippen LogP contribution is 2.40. The van der Waals surface area contributed by atoms with Crippen molar-refractivity contribution >= 4 is 28.9 Å². The van der Waals surface area contributed by atoms with Crippen LogP contribution in [-0.4, -0.2) is 11.0 Å². The van der Waals surface area contributed by atoms with Crippen LogP contribution in [0.4, 0.5) is 5.69 Å². The molecular formula is C17H21N3OS. The number of benzene rings is 1. The Morgan fingerprint density at radius 2 is 1.95 bits per heavy atom. The van der Waals surface area contributed by atoms with Gasteiger partial charge in [-0.05, 0) is 49.2 Å². The molecule has 0 aromatic heterocycles. The van der Waals surface area contributed by atoms with E-state index in [9.17, 15) is 10.1 Å². The molecule has 0 unspecified atom stereocenters. The first-order valence-corrected chi connectivity index (χ1v) is 8.13. The van der Waals surface area contributed by atoms with Crippen LogP contribution in [0.3, 0.4) is 0 Å². The first kappa shape index (κ1) is 16.4. The molecule has 116 valence electrons. The Balaban J connectivity index is 1.99. The van der Waals surface area contributed by atoms with Gasteiger partial charge in [0.1, 0.15) is 0 Å². The summed E-state index contributed by atoms with van der Waals surface area (Å²) in [5, 5.41) is 15.5. The lowest BCUT2D eigenvalue weighted by Gasteiger charge is -2.21. The van der Waals surface area contributed by atoms with E-state index in [2.05, 4.69) is 16.7 Å². The predicted molar refractivity (Wildman–Crippen MR) is 91.5 cm³/mol. The highest BCUT2D eigenvalue weighted by atomic mass is 32.1. The van der Waals surface area contributed by atoms with Gasteiger partial charge >= 0.3 is 0 Å². The smallest absolute Gasteiger partial charge is 0.226 e. The second kappa shape index (κ2) is 7.37. The average molecular weight is 315 g/mol. The molecule has 0 aliphatic heterocycles. The van der Waals surface area contributed by atoms with Crippen LogP contribution in [0.25, 0.3) is 0 Å². The van der Waals surface area contributed by atoms with Gasteiger partial charge in [0.05, 0.1) is 11.5 Å². The van der Waals surface area contributed by atoms with Gasteiger partial charge in [-0.25, -0.2) is 0 Å². The molecule has 2 N–H and O–H groups in total. The highest BCUT2D eigenvalue weighted by molar-refractivity contribution is 7.80. The first-order chi connectivity index (χ1) is 10.6. The Bertz CT molecular complexity index is 583. The molecule has 0 bridgehead atoms. The van der Waals surface area contributed by atoms with Crippen molar-refractivity contribution in [3.8, 4) is 6.07 Å². The Labute approximate surface area is 136 Å². The maximum Gasteiger partial charge on any atom is 0.226 e. The fourth-order valence-corrected chi connectivity index (χ4v) is 3.13. The van der Waals surface area contributed by atoms with Gasteiger partial charge in [-0.15, -0.1) is 0 Å². The summed E-state index contributed by atoms with van der Waals surface area (Å²) in [5.41, 5.74) is 1.56. The van der Waals surface area contributed by atoms with Crippen molar-refractivity contribution in [3.05, 3.63) is 29.8 Å². The molecule has 0 spiro atoms. The summed E-state index contributed by atoms with van der Waals surface area (Å²) in [6, 6.07) is 10.3. The van der Waals surface area contributed by atoms with Gasteiger partial charge in [-0.2, -0.15) is 5.26 Å². The largest absolute Gasteiger partial charge is 0.332 e. The number of anilines is 1. The number of nitriles is 1. The lowest BCUT2D eigenvalue weighted by molar-refractivity contribution is -0.119. The summed E-state index contributed by atoms with van der Waals surface area (Å²) in [7, 11) is 0. The summed E-state index contributed by atoms with van der Waals surface area (Å²) in [6.45, 7) is 1.95. The monoisotopic (exact) mass is 315 g/mol. The van der Waals surface area contributed by atoms with Crippen LogP contribution in [0.15, 0.2) is 24.3 Å². The molecule has 1 aromatic rings. The molecule has 0 radical (unpaired) electrons. The molecule has 0 heterocycles. The molecular weight excluding hydrogens is 294 g/mol. The zero-order valence-corrected chi connectivity index (χ0v) is 13.6. The van der Waals surface area contributed by atoms with Crippen molar-refractivity contribution in [2.24, 2.45) is 0 Å². The van der Waals surface area contributed by atoms with E-state index in [0.717, 1.165) is 43.4 Å². The van der Waals surface area contributed by atoms with Crippen LogP contribution in [0.5, 0.6) is 0 Å². The molecule has 0 atom stereocenters. The summed E-state index contributed by atoms with van der Waals surface area (Å²) >= 11 is 5.12. The number of hydrogen-bond donors (Lipinski definition) is 2. The van der Waals surface area contributed by atoms with E-state index >= 15 is 0 Å². The first-order valence-electron chi connectivity index (χ1n) is 7.72. The summed E-state index contributed by atoms with van der Waals surface area (Å²) in [4.78, 5) is 11.5. The Morgan fingerprint density at radius 1 is 1.32 bits per heavy atom. The second-order valence-electron chi connectivity index (χ2n) is 5.73. The van der Waals surface area contributed by atoms with Crippen molar-refractivity contribution in [1.82, 2.24) is 5.32 Å². The van der Waals surface area contributed by atoms with Gasteiger partial charge in [0.2, 0.25) is 5.91 Å². The molecule has 0 saturated heterocycles. The van der Waals surface area contributed by atoms with Crippen LogP contribution in [0.2, 0.25) is 0 Å². The van der Waals surface area contributed by atoms with Gasteiger partial charge in [-0.1, -0.05) is 31.9 Å². The van der Waals surface area contributed by atoms with Crippen molar-refractivity contribution < 1.29 is 4.79 Å².